The molecule has 0 radical (unpaired) electrons. The van der Waals surface area contributed by atoms with Crippen LogP contribution in [0.15, 0.2) is 28.8 Å². The zero-order chi connectivity index (χ0) is 16.1. The number of carbonyl (C=O) groups is 1. The van der Waals surface area contributed by atoms with Crippen molar-refractivity contribution >= 4 is 5.91 Å². The highest BCUT2D eigenvalue weighted by Gasteiger charge is 2.11. The fourth-order valence-electron chi connectivity index (χ4n) is 2.79. The van der Waals surface area contributed by atoms with Gasteiger partial charge in [-0.05, 0) is 57.1 Å². The number of hydrogen-bond acceptors (Lipinski definition) is 5. The Bertz CT molecular complexity index is 645. The van der Waals surface area contributed by atoms with E-state index in [1.807, 2.05) is 12.1 Å². The van der Waals surface area contributed by atoms with Crippen molar-refractivity contribution < 1.29 is 9.32 Å². The highest BCUT2D eigenvalue weighted by Crippen LogP contribution is 2.17. The van der Waals surface area contributed by atoms with Gasteiger partial charge in [0.2, 0.25) is 0 Å². The highest BCUT2D eigenvalue weighted by molar-refractivity contribution is 5.94. The van der Waals surface area contributed by atoms with Gasteiger partial charge in [-0.25, -0.2) is 0 Å². The van der Waals surface area contributed by atoms with Crippen molar-refractivity contribution in [1.29, 1.82) is 0 Å². The maximum Gasteiger partial charge on any atom is 0.257 e. The van der Waals surface area contributed by atoms with E-state index in [2.05, 4.69) is 20.4 Å². The summed E-state index contributed by atoms with van der Waals surface area (Å²) in [5, 5.41) is 6.74. The van der Waals surface area contributed by atoms with Gasteiger partial charge in [0.25, 0.3) is 11.8 Å². The summed E-state index contributed by atoms with van der Waals surface area (Å²) >= 11 is 0. The average molecular weight is 314 g/mol. The number of carbonyl (C=O) groups excluding carboxylic acids is 1. The first-order chi connectivity index (χ1) is 11.2. The van der Waals surface area contributed by atoms with Crippen molar-refractivity contribution in [2.75, 3.05) is 26.2 Å². The van der Waals surface area contributed by atoms with Gasteiger partial charge in [0, 0.05) is 24.2 Å². The fourth-order valence-corrected chi connectivity index (χ4v) is 2.79. The lowest BCUT2D eigenvalue weighted by atomic mass is 10.1. The second kappa shape index (κ2) is 7.37. The molecule has 0 atom stereocenters. The normalized spacial score (nSPS) is 15.5. The number of amides is 1. The molecule has 3 rings (SSSR count). The second-order valence-electron chi connectivity index (χ2n) is 5.88. The molecule has 1 aromatic carbocycles. The van der Waals surface area contributed by atoms with E-state index in [1.165, 1.54) is 19.3 Å². The Kier molecular flexibility index (Phi) is 5.02. The van der Waals surface area contributed by atoms with E-state index in [4.69, 9.17) is 4.52 Å². The van der Waals surface area contributed by atoms with Crippen LogP contribution in [0.3, 0.4) is 0 Å². The Hall–Kier alpha value is -2.21. The smallest absolute Gasteiger partial charge is 0.257 e. The van der Waals surface area contributed by atoms with Crippen LogP contribution >= 0.6 is 0 Å². The highest BCUT2D eigenvalue weighted by atomic mass is 16.5. The van der Waals surface area contributed by atoms with Crippen molar-refractivity contribution in [2.24, 2.45) is 0 Å². The Labute approximate surface area is 135 Å². The molecule has 1 aliphatic heterocycles. The molecule has 1 aliphatic rings. The Morgan fingerprint density at radius 3 is 2.61 bits per heavy atom. The Morgan fingerprint density at radius 2 is 1.96 bits per heavy atom. The van der Waals surface area contributed by atoms with E-state index in [0.29, 0.717) is 23.8 Å². The van der Waals surface area contributed by atoms with Gasteiger partial charge >= 0.3 is 0 Å². The first-order valence-corrected chi connectivity index (χ1v) is 8.14. The predicted octanol–water partition coefficient (Wildman–Crippen LogP) is 2.26. The lowest BCUT2D eigenvalue weighted by Gasteiger charge is -2.26. The summed E-state index contributed by atoms with van der Waals surface area (Å²) in [5.74, 6) is 1.02. The van der Waals surface area contributed by atoms with Crippen molar-refractivity contribution in [3.05, 3.63) is 35.7 Å². The molecule has 2 aromatic rings. The van der Waals surface area contributed by atoms with Gasteiger partial charge in [-0.15, -0.1) is 0 Å². The summed E-state index contributed by atoms with van der Waals surface area (Å²) in [5.41, 5.74) is 1.46. The zero-order valence-corrected chi connectivity index (χ0v) is 13.4. The number of nitrogens with zero attached hydrogens (tertiary/aromatic N) is 3. The van der Waals surface area contributed by atoms with Crippen molar-refractivity contribution in [2.45, 2.75) is 26.2 Å². The lowest BCUT2D eigenvalue weighted by molar-refractivity contribution is 0.0946. The molecule has 6 nitrogen and oxygen atoms in total. The van der Waals surface area contributed by atoms with Crippen LogP contribution in [-0.4, -0.2) is 47.1 Å². The van der Waals surface area contributed by atoms with Gasteiger partial charge in [-0.1, -0.05) is 11.6 Å². The second-order valence-corrected chi connectivity index (χ2v) is 5.88. The van der Waals surface area contributed by atoms with Crippen LogP contribution in [0.2, 0.25) is 0 Å². The molecule has 1 aromatic heterocycles. The average Bonchev–Trinajstić information content (AvgIpc) is 3.02. The van der Waals surface area contributed by atoms with E-state index >= 15 is 0 Å². The molecule has 23 heavy (non-hydrogen) atoms. The maximum atomic E-state index is 12.2. The summed E-state index contributed by atoms with van der Waals surface area (Å²) in [6, 6.07) is 7.22. The minimum absolute atomic E-state index is 0.0460. The van der Waals surface area contributed by atoms with E-state index in [1.54, 1.807) is 19.1 Å². The molecule has 6 heteroatoms. The lowest BCUT2D eigenvalue weighted by Crippen LogP contribution is -2.37. The molecule has 0 spiro atoms. The van der Waals surface area contributed by atoms with Crippen LogP contribution in [0.1, 0.15) is 35.4 Å². The monoisotopic (exact) mass is 314 g/mol. The topological polar surface area (TPSA) is 71.3 Å². The molecule has 0 saturated carbocycles. The van der Waals surface area contributed by atoms with E-state index in [9.17, 15) is 4.79 Å². The summed E-state index contributed by atoms with van der Waals surface area (Å²) in [7, 11) is 0. The zero-order valence-electron chi connectivity index (χ0n) is 13.4. The van der Waals surface area contributed by atoms with Gasteiger partial charge in [-0.2, -0.15) is 4.98 Å². The van der Waals surface area contributed by atoms with Gasteiger partial charge in [0.1, 0.15) is 0 Å². The van der Waals surface area contributed by atoms with Crippen molar-refractivity contribution in [3.8, 4) is 11.5 Å². The molecule has 1 amide bonds. The van der Waals surface area contributed by atoms with E-state index in [-0.39, 0.29) is 5.91 Å². The standard InChI is InChI=1S/C17H22N4O2/c1-13-19-17(23-20-13)15-7-5-14(6-8-15)16(22)18-9-12-21-10-3-2-4-11-21/h5-8H,2-4,9-12H2,1H3,(H,18,22). The summed E-state index contributed by atoms with van der Waals surface area (Å²) in [6.45, 7) is 5.67. The van der Waals surface area contributed by atoms with Gasteiger partial charge < -0.3 is 14.7 Å². The molecular formula is C17H22N4O2. The SMILES string of the molecule is Cc1noc(-c2ccc(C(=O)NCCN3CCCCC3)cc2)n1. The van der Waals surface area contributed by atoms with Crippen molar-refractivity contribution in [3.63, 3.8) is 0 Å². The van der Waals surface area contributed by atoms with Crippen LogP contribution in [0.5, 0.6) is 0 Å². The van der Waals surface area contributed by atoms with Crippen LogP contribution in [0.25, 0.3) is 11.5 Å². The number of rotatable bonds is 5. The number of hydrogen-bond donors (Lipinski definition) is 1. The molecule has 0 unspecified atom stereocenters. The maximum absolute atomic E-state index is 12.2. The molecule has 1 saturated heterocycles. The third-order valence-corrected chi connectivity index (χ3v) is 4.08. The first-order valence-electron chi connectivity index (χ1n) is 8.14. The summed E-state index contributed by atoms with van der Waals surface area (Å²) in [6.07, 6.45) is 3.86. The molecule has 0 aliphatic carbocycles. The third kappa shape index (κ3) is 4.16. The van der Waals surface area contributed by atoms with Crippen molar-refractivity contribution in [1.82, 2.24) is 20.4 Å². The largest absolute Gasteiger partial charge is 0.351 e. The Balaban J connectivity index is 1.51. The van der Waals surface area contributed by atoms with Crippen LogP contribution in [-0.2, 0) is 0 Å². The fraction of sp³-hybridized carbons (Fsp3) is 0.471. The van der Waals surface area contributed by atoms with Gasteiger partial charge in [0.05, 0.1) is 0 Å². The molecule has 0 bridgehead atoms. The minimum Gasteiger partial charge on any atom is -0.351 e. The molecule has 122 valence electrons. The quantitative estimate of drug-likeness (QED) is 0.916. The molecular weight excluding hydrogens is 292 g/mol. The van der Waals surface area contributed by atoms with Crippen LogP contribution in [0, 0.1) is 6.92 Å². The number of aryl methyl sites for hydroxylation is 1. The number of piperidine rings is 1. The first kappa shape index (κ1) is 15.7. The van der Waals surface area contributed by atoms with E-state index in [0.717, 1.165) is 25.2 Å². The number of aromatic nitrogens is 2. The van der Waals surface area contributed by atoms with E-state index < -0.39 is 0 Å². The summed E-state index contributed by atoms with van der Waals surface area (Å²) in [4.78, 5) is 18.7. The van der Waals surface area contributed by atoms with Gasteiger partial charge in [0.15, 0.2) is 5.82 Å². The van der Waals surface area contributed by atoms with Gasteiger partial charge in [-0.3, -0.25) is 4.79 Å². The van der Waals surface area contributed by atoms with Crippen LogP contribution in [0.4, 0.5) is 0 Å². The Morgan fingerprint density at radius 1 is 1.22 bits per heavy atom. The minimum atomic E-state index is -0.0460. The number of nitrogens with one attached hydrogen (secondary N) is 1. The predicted molar refractivity (Wildman–Crippen MR) is 87.1 cm³/mol. The van der Waals surface area contributed by atoms with Crippen LogP contribution < -0.4 is 5.32 Å². The third-order valence-electron chi connectivity index (χ3n) is 4.08. The summed E-state index contributed by atoms with van der Waals surface area (Å²) < 4.78 is 5.12. The molecule has 1 fully saturated rings. The molecule has 1 N–H and O–H groups in total. The molecule has 2 heterocycles. The number of likely N-dealkylation sites (tertiary alicyclic amines) is 1. The number of benzene rings is 1.